The van der Waals surface area contributed by atoms with E-state index in [1.54, 1.807) is 6.92 Å². The lowest BCUT2D eigenvalue weighted by Gasteiger charge is -2.29. The molecule has 1 aromatic carbocycles. The van der Waals surface area contributed by atoms with Crippen LogP contribution >= 0.6 is 0 Å². The molecule has 1 heterocycles. The Kier molecular flexibility index (Phi) is 6.64. The first-order chi connectivity index (χ1) is 11.0. The fraction of sp³-hybridized carbons (Fsp3) is 0.650. The van der Waals surface area contributed by atoms with Crippen LogP contribution in [0, 0.1) is 6.92 Å². The summed E-state index contributed by atoms with van der Waals surface area (Å²) in [5.74, 6) is 0.568. The van der Waals surface area contributed by atoms with E-state index < -0.39 is 0 Å². The predicted octanol–water partition coefficient (Wildman–Crippen LogP) is 4.17. The number of carbonyl (C=O) groups excluding carboxylic acids is 1. The maximum absolute atomic E-state index is 11.7. The monoisotopic (exact) mass is 316 g/mol. The second-order valence-electron chi connectivity index (χ2n) is 7.16. The molecule has 1 saturated heterocycles. The molecule has 1 unspecified atom stereocenters. The van der Waals surface area contributed by atoms with Gasteiger partial charge in [0.1, 0.15) is 0 Å². The van der Waals surface area contributed by atoms with Gasteiger partial charge in [-0.1, -0.05) is 38.5 Å². The minimum absolute atomic E-state index is 0.0583. The van der Waals surface area contributed by atoms with E-state index in [-0.39, 0.29) is 11.9 Å². The van der Waals surface area contributed by atoms with Crippen molar-refractivity contribution < 1.29 is 4.79 Å². The number of hydrogen-bond donors (Lipinski definition) is 1. The highest BCUT2D eigenvalue weighted by atomic mass is 16.1. The maximum atomic E-state index is 11.7. The molecular weight excluding hydrogens is 284 g/mol. The van der Waals surface area contributed by atoms with Gasteiger partial charge in [0.15, 0.2) is 0 Å². The number of carbonyl (C=O) groups is 1. The van der Waals surface area contributed by atoms with Gasteiger partial charge in [0, 0.05) is 13.5 Å². The molecule has 0 bridgehead atoms. The molecule has 23 heavy (non-hydrogen) atoms. The van der Waals surface area contributed by atoms with Gasteiger partial charge in [-0.3, -0.25) is 4.79 Å². The van der Waals surface area contributed by atoms with Gasteiger partial charge >= 0.3 is 0 Å². The van der Waals surface area contributed by atoms with Crippen LogP contribution in [0.4, 0.5) is 0 Å². The van der Waals surface area contributed by atoms with Gasteiger partial charge in [0.05, 0.1) is 6.04 Å². The van der Waals surface area contributed by atoms with Crippen molar-refractivity contribution in [3.8, 4) is 0 Å². The number of piperidine rings is 1. The summed E-state index contributed by atoms with van der Waals surface area (Å²) in [4.78, 5) is 14.2. The lowest BCUT2D eigenvalue weighted by atomic mass is 9.90. The third-order valence-corrected chi connectivity index (χ3v) is 4.98. The topological polar surface area (TPSA) is 32.3 Å². The second kappa shape index (κ2) is 8.49. The zero-order chi connectivity index (χ0) is 16.8. The van der Waals surface area contributed by atoms with Gasteiger partial charge in [-0.15, -0.1) is 0 Å². The third kappa shape index (κ3) is 5.07. The summed E-state index contributed by atoms with van der Waals surface area (Å²) in [7, 11) is 0. The van der Waals surface area contributed by atoms with Gasteiger partial charge in [0.2, 0.25) is 5.91 Å². The molecule has 1 N–H and O–H groups in total. The largest absolute Gasteiger partial charge is 0.349 e. The van der Waals surface area contributed by atoms with E-state index in [9.17, 15) is 4.79 Å². The maximum Gasteiger partial charge on any atom is 0.217 e. The second-order valence-corrected chi connectivity index (χ2v) is 7.16. The Labute approximate surface area is 141 Å². The molecule has 1 fully saturated rings. The summed E-state index contributed by atoms with van der Waals surface area (Å²) in [5, 5.41) is 3.18. The number of hydrogen-bond acceptors (Lipinski definition) is 2. The molecule has 1 aliphatic rings. The number of likely N-dealkylation sites (tertiary alicyclic amines) is 1. The number of rotatable bonds is 6. The predicted molar refractivity (Wildman–Crippen MR) is 96.7 cm³/mol. The molecule has 0 saturated carbocycles. The first-order valence-corrected chi connectivity index (χ1v) is 9.08. The molecule has 2 rings (SSSR count). The summed E-state index contributed by atoms with van der Waals surface area (Å²) in [6.07, 6.45) is 4.97. The Morgan fingerprint density at radius 3 is 2.43 bits per heavy atom. The lowest BCUT2D eigenvalue weighted by molar-refractivity contribution is -0.119. The highest BCUT2D eigenvalue weighted by Crippen LogP contribution is 2.28. The van der Waals surface area contributed by atoms with Crippen molar-refractivity contribution in [3.05, 3.63) is 34.9 Å². The number of amides is 1. The third-order valence-electron chi connectivity index (χ3n) is 4.98. The standard InChI is InChI=1S/C20H32N2O/c1-15(2)18-9-8-10-19(16(18)3)20(21-17(4)23)11-14-22-12-6-5-7-13-22/h8-10,15,20H,5-7,11-14H2,1-4H3,(H,21,23). The molecular formula is C20H32N2O. The van der Waals surface area contributed by atoms with Crippen molar-refractivity contribution in [2.45, 2.75) is 65.3 Å². The van der Waals surface area contributed by atoms with Gasteiger partial charge in [-0.2, -0.15) is 0 Å². The molecule has 3 heteroatoms. The lowest BCUT2D eigenvalue weighted by Crippen LogP contribution is -2.34. The Hall–Kier alpha value is -1.35. The van der Waals surface area contributed by atoms with Crippen molar-refractivity contribution in [1.82, 2.24) is 10.2 Å². The Morgan fingerprint density at radius 2 is 1.83 bits per heavy atom. The molecule has 0 radical (unpaired) electrons. The van der Waals surface area contributed by atoms with Crippen LogP contribution in [0.2, 0.25) is 0 Å². The normalized spacial score (nSPS) is 17.3. The first kappa shape index (κ1) is 18.0. The molecule has 0 spiro atoms. The Bertz CT molecular complexity index is 518. The minimum atomic E-state index is 0.0583. The van der Waals surface area contributed by atoms with E-state index in [0.717, 1.165) is 13.0 Å². The summed E-state index contributed by atoms with van der Waals surface area (Å²) < 4.78 is 0. The van der Waals surface area contributed by atoms with Crippen molar-refractivity contribution in [2.24, 2.45) is 0 Å². The van der Waals surface area contributed by atoms with Crippen LogP contribution in [0.1, 0.15) is 75.1 Å². The Morgan fingerprint density at radius 1 is 1.17 bits per heavy atom. The zero-order valence-electron chi connectivity index (χ0n) is 15.2. The van der Waals surface area contributed by atoms with E-state index in [0.29, 0.717) is 5.92 Å². The van der Waals surface area contributed by atoms with E-state index in [1.807, 2.05) is 0 Å². The molecule has 1 amide bonds. The summed E-state index contributed by atoms with van der Waals surface area (Å²) in [5.41, 5.74) is 4.00. The molecule has 1 atom stereocenters. The van der Waals surface area contributed by atoms with Crippen LogP contribution in [-0.4, -0.2) is 30.4 Å². The SMILES string of the molecule is CC(=O)NC(CCN1CCCCC1)c1cccc(C(C)C)c1C. The van der Waals surface area contributed by atoms with Crippen molar-refractivity contribution in [3.63, 3.8) is 0 Å². The summed E-state index contributed by atoms with van der Waals surface area (Å²) in [6, 6.07) is 6.64. The van der Waals surface area contributed by atoms with Crippen molar-refractivity contribution in [2.75, 3.05) is 19.6 Å². The quantitative estimate of drug-likeness (QED) is 0.854. The summed E-state index contributed by atoms with van der Waals surface area (Å²) >= 11 is 0. The van der Waals surface area contributed by atoms with Crippen LogP contribution in [-0.2, 0) is 4.79 Å². The van der Waals surface area contributed by atoms with Crippen LogP contribution in [0.25, 0.3) is 0 Å². The molecule has 1 aromatic rings. The van der Waals surface area contributed by atoms with E-state index in [4.69, 9.17) is 0 Å². The molecule has 0 aromatic heterocycles. The molecule has 1 aliphatic heterocycles. The van der Waals surface area contributed by atoms with Crippen molar-refractivity contribution in [1.29, 1.82) is 0 Å². The van der Waals surface area contributed by atoms with E-state index >= 15 is 0 Å². The number of nitrogens with one attached hydrogen (secondary N) is 1. The number of benzene rings is 1. The summed E-state index contributed by atoms with van der Waals surface area (Å²) in [6.45, 7) is 11.8. The minimum Gasteiger partial charge on any atom is -0.349 e. The first-order valence-electron chi connectivity index (χ1n) is 9.08. The van der Waals surface area contributed by atoms with E-state index in [1.165, 1.54) is 49.0 Å². The highest BCUT2D eigenvalue weighted by Gasteiger charge is 2.19. The fourth-order valence-corrected chi connectivity index (χ4v) is 3.72. The fourth-order valence-electron chi connectivity index (χ4n) is 3.72. The smallest absolute Gasteiger partial charge is 0.217 e. The average Bonchev–Trinajstić information content (AvgIpc) is 2.52. The van der Waals surface area contributed by atoms with Crippen LogP contribution in [0.15, 0.2) is 18.2 Å². The molecule has 128 valence electrons. The Balaban J connectivity index is 2.14. The van der Waals surface area contributed by atoms with Gasteiger partial charge < -0.3 is 10.2 Å². The molecule has 0 aliphatic carbocycles. The van der Waals surface area contributed by atoms with Gasteiger partial charge in [-0.05, 0) is 61.9 Å². The van der Waals surface area contributed by atoms with Crippen LogP contribution in [0.5, 0.6) is 0 Å². The van der Waals surface area contributed by atoms with Crippen LogP contribution < -0.4 is 5.32 Å². The zero-order valence-corrected chi connectivity index (χ0v) is 15.2. The molecule has 3 nitrogen and oxygen atoms in total. The average molecular weight is 316 g/mol. The van der Waals surface area contributed by atoms with Crippen LogP contribution in [0.3, 0.4) is 0 Å². The van der Waals surface area contributed by atoms with Crippen molar-refractivity contribution >= 4 is 5.91 Å². The highest BCUT2D eigenvalue weighted by molar-refractivity contribution is 5.73. The van der Waals surface area contributed by atoms with Gasteiger partial charge in [-0.25, -0.2) is 0 Å². The van der Waals surface area contributed by atoms with Gasteiger partial charge in [0.25, 0.3) is 0 Å². The van der Waals surface area contributed by atoms with E-state index in [2.05, 4.69) is 49.2 Å². The number of nitrogens with zero attached hydrogens (tertiary/aromatic N) is 1.